The topological polar surface area (TPSA) is 77.5 Å². The SMILES string of the molecule is O=C1c2ccc(cc2)Cn2n[n+](c3ccccc32)Cc2ccc(cc2)C(=O)c2ccc(cc2)C[n+]2nn(c3ccccc32)Cc2ccc1cc2.[Br-].[Br-]. The largest absolute Gasteiger partial charge is 1.00 e. The Morgan fingerprint density at radius 1 is 0.404 bits per heavy atom. The first-order valence-corrected chi connectivity index (χ1v) is 16.7. The molecule has 0 saturated heterocycles. The van der Waals surface area contributed by atoms with Gasteiger partial charge >= 0.3 is 0 Å². The van der Waals surface area contributed by atoms with Crippen LogP contribution in [0.3, 0.4) is 0 Å². The van der Waals surface area contributed by atoms with Crippen LogP contribution in [0.4, 0.5) is 0 Å². The Kier molecular flexibility index (Phi) is 9.77. The molecule has 0 N–H and O–H groups in total. The molecule has 0 spiro atoms. The highest BCUT2D eigenvalue weighted by atomic mass is 79.9. The van der Waals surface area contributed by atoms with Crippen molar-refractivity contribution in [2.75, 3.05) is 0 Å². The molecule has 0 unspecified atom stereocenters. The van der Waals surface area contributed by atoms with Gasteiger partial charge in [-0.1, -0.05) is 121 Å². The molecule has 10 heteroatoms. The third kappa shape index (κ3) is 6.63. The van der Waals surface area contributed by atoms with Crippen molar-refractivity contribution < 1.29 is 52.9 Å². The zero-order valence-corrected chi connectivity index (χ0v) is 31.1. The molecule has 9 heterocycles. The van der Waals surface area contributed by atoms with Crippen molar-refractivity contribution in [1.82, 2.24) is 19.8 Å². The minimum atomic E-state index is -0.0141. The van der Waals surface area contributed by atoms with Crippen LogP contribution in [0.5, 0.6) is 0 Å². The first-order chi connectivity index (χ1) is 24.6. The van der Waals surface area contributed by atoms with Crippen molar-refractivity contribution in [1.29, 1.82) is 0 Å². The molecule has 0 fully saturated rings. The van der Waals surface area contributed by atoms with Gasteiger partial charge in [0.25, 0.3) is 0 Å². The highest BCUT2D eigenvalue weighted by molar-refractivity contribution is 6.09. The van der Waals surface area contributed by atoms with E-state index in [0.717, 1.165) is 44.3 Å². The van der Waals surface area contributed by atoms with Gasteiger partial charge in [-0.25, -0.2) is 0 Å². The summed E-state index contributed by atoms with van der Waals surface area (Å²) in [5, 5.41) is 9.90. The Balaban J connectivity index is 0.00000210. The maximum atomic E-state index is 13.5. The molecular weight excluding hydrogens is 780 g/mol. The molecule has 7 aliphatic rings. The van der Waals surface area contributed by atoms with Crippen molar-refractivity contribution >= 4 is 33.6 Å². The maximum absolute atomic E-state index is 13.5. The van der Waals surface area contributed by atoms with Crippen molar-refractivity contribution in [2.24, 2.45) is 0 Å². The van der Waals surface area contributed by atoms with Gasteiger partial charge in [0.1, 0.15) is 26.2 Å². The van der Waals surface area contributed by atoms with Gasteiger partial charge in [0, 0.05) is 22.3 Å². The Morgan fingerprint density at radius 2 is 0.712 bits per heavy atom. The van der Waals surface area contributed by atoms with Crippen molar-refractivity contribution in [3.8, 4) is 0 Å². The summed E-state index contributed by atoms with van der Waals surface area (Å²) in [6, 6.07) is 47.5. The van der Waals surface area contributed by atoms with E-state index in [2.05, 4.69) is 24.3 Å². The minimum Gasteiger partial charge on any atom is -1.00 e. The lowest BCUT2D eigenvalue weighted by molar-refractivity contribution is -0.724. The average Bonchev–Trinajstić information content (AvgIpc) is 3.68. The molecule has 6 aromatic carbocycles. The number of hydrogen-bond donors (Lipinski definition) is 0. The first kappa shape index (κ1) is 34.9. The fourth-order valence-electron chi connectivity index (χ4n) is 6.79. The Labute approximate surface area is 321 Å². The summed E-state index contributed by atoms with van der Waals surface area (Å²) in [5.74, 6) is -0.0282. The van der Waals surface area contributed by atoms with Crippen molar-refractivity contribution in [3.05, 3.63) is 190 Å². The number of benzene rings is 6. The maximum Gasteiger partial charge on any atom is 0.198 e. The lowest BCUT2D eigenvalue weighted by Gasteiger charge is -2.05. The molecule has 0 aliphatic carbocycles. The van der Waals surface area contributed by atoms with E-state index in [4.69, 9.17) is 10.4 Å². The summed E-state index contributed by atoms with van der Waals surface area (Å²) in [6.45, 7) is 2.24. The quantitative estimate of drug-likeness (QED) is 0.202. The molecule has 7 aliphatic heterocycles. The lowest BCUT2D eigenvalue weighted by Crippen LogP contribution is -3.00. The number of halogens is 2. The number of rotatable bonds is 0. The lowest BCUT2D eigenvalue weighted by atomic mass is 10.0. The van der Waals surface area contributed by atoms with E-state index in [0.29, 0.717) is 48.4 Å². The van der Waals surface area contributed by atoms with E-state index in [9.17, 15) is 9.59 Å². The second kappa shape index (κ2) is 14.6. The molecule has 15 rings (SSSR count). The van der Waals surface area contributed by atoms with E-state index >= 15 is 0 Å². The van der Waals surface area contributed by atoms with E-state index in [1.165, 1.54) is 0 Å². The standard InChI is InChI=1S/C42H32N6O2.2BrH/c49-41-33-17-9-29(10-18-33)25-45-37-5-1-2-6-38(37)46(43-45)26-30-11-19-34(20-12-30)42(50)36-23-15-32(16-24-36)28-48-40-8-4-3-7-39(40)47(44-48)27-31-13-21-35(41)22-14-31;;/h1-24H,25-28H2;2*1H/q+2;;/p-2. The monoisotopic (exact) mass is 810 g/mol. The number of nitrogens with zero attached hydrogens (tertiary/aromatic N) is 6. The Hall–Kier alpha value is -5.58. The second-order valence-corrected chi connectivity index (χ2v) is 12.8. The summed E-state index contributed by atoms with van der Waals surface area (Å²) in [7, 11) is 0. The molecule has 0 saturated carbocycles. The van der Waals surface area contributed by atoms with Gasteiger partial charge in [0.15, 0.2) is 33.6 Å². The predicted molar refractivity (Wildman–Crippen MR) is 189 cm³/mol. The minimum absolute atomic E-state index is 0. The molecule has 2 aromatic heterocycles. The molecule has 8 nitrogen and oxygen atoms in total. The second-order valence-electron chi connectivity index (χ2n) is 12.8. The fraction of sp³-hybridized carbons (Fsp3) is 0.0952. The Bertz CT molecular complexity index is 2210. The molecule has 256 valence electrons. The van der Waals surface area contributed by atoms with Crippen LogP contribution in [-0.2, 0) is 26.2 Å². The van der Waals surface area contributed by atoms with E-state index in [1.807, 2.05) is 140 Å². The summed E-state index contributed by atoms with van der Waals surface area (Å²) in [6.07, 6.45) is 0. The molecule has 52 heavy (non-hydrogen) atoms. The molecule has 0 atom stereocenters. The average molecular weight is 813 g/mol. The predicted octanol–water partition coefficient (Wildman–Crippen LogP) is -0.0624. The number of carbonyl (C=O) groups excluding carboxylic acids is 2. The molecule has 12 bridgehead atoms. The number of carbonyl (C=O) groups is 2. The van der Waals surface area contributed by atoms with E-state index in [-0.39, 0.29) is 45.5 Å². The number of fused-ring (bicyclic) bond motifs is 2. The molecule has 0 radical (unpaired) electrons. The van der Waals surface area contributed by atoms with Crippen molar-refractivity contribution in [2.45, 2.75) is 26.2 Å². The smallest absolute Gasteiger partial charge is 0.198 e. The number of ketones is 2. The fourth-order valence-corrected chi connectivity index (χ4v) is 6.79. The third-order valence-electron chi connectivity index (χ3n) is 9.50. The zero-order chi connectivity index (χ0) is 33.6. The van der Waals surface area contributed by atoms with Crippen LogP contribution in [0.25, 0.3) is 22.1 Å². The van der Waals surface area contributed by atoms with Crippen LogP contribution < -0.4 is 43.3 Å². The number of aromatic nitrogens is 6. The zero-order valence-electron chi connectivity index (χ0n) is 27.9. The van der Waals surface area contributed by atoms with Crippen LogP contribution in [0.1, 0.15) is 54.1 Å². The van der Waals surface area contributed by atoms with E-state index < -0.39 is 0 Å². The van der Waals surface area contributed by atoms with Crippen LogP contribution in [0.2, 0.25) is 0 Å². The van der Waals surface area contributed by atoms with Crippen LogP contribution in [-0.4, -0.2) is 31.4 Å². The van der Waals surface area contributed by atoms with Crippen LogP contribution >= 0.6 is 0 Å². The third-order valence-corrected chi connectivity index (χ3v) is 9.50. The Morgan fingerprint density at radius 3 is 1.06 bits per heavy atom. The summed E-state index contributed by atoms with van der Waals surface area (Å²) in [5.41, 5.74) is 10.8. The van der Waals surface area contributed by atoms with Crippen molar-refractivity contribution in [3.63, 3.8) is 0 Å². The highest BCUT2D eigenvalue weighted by Gasteiger charge is 2.21. The molecule has 8 aromatic rings. The van der Waals surface area contributed by atoms with Gasteiger partial charge in [-0.3, -0.25) is 9.59 Å². The van der Waals surface area contributed by atoms with Gasteiger partial charge in [-0.05, 0) is 46.5 Å². The van der Waals surface area contributed by atoms with Gasteiger partial charge in [0.2, 0.25) is 0 Å². The van der Waals surface area contributed by atoms with Gasteiger partial charge in [-0.15, -0.1) is 18.7 Å². The normalized spacial score (nSPS) is 12.8. The van der Waals surface area contributed by atoms with Gasteiger partial charge in [0.05, 0.1) is 10.4 Å². The van der Waals surface area contributed by atoms with Crippen LogP contribution in [0.15, 0.2) is 146 Å². The highest BCUT2D eigenvalue weighted by Crippen LogP contribution is 2.19. The number of hydrogen-bond acceptors (Lipinski definition) is 4. The molecular formula is C42H32Br2N6O2. The summed E-state index contributed by atoms with van der Waals surface area (Å²) >= 11 is 0. The van der Waals surface area contributed by atoms with Gasteiger partial charge in [-0.2, -0.15) is 0 Å². The number of para-hydroxylation sites is 4. The molecule has 0 amide bonds. The summed E-state index contributed by atoms with van der Waals surface area (Å²) < 4.78 is 7.97. The van der Waals surface area contributed by atoms with E-state index in [1.54, 1.807) is 0 Å². The summed E-state index contributed by atoms with van der Waals surface area (Å²) in [4.78, 5) is 26.9. The van der Waals surface area contributed by atoms with Gasteiger partial charge < -0.3 is 34.0 Å². The van der Waals surface area contributed by atoms with Crippen LogP contribution in [0, 0.1) is 0 Å². The first-order valence-electron chi connectivity index (χ1n) is 16.7.